The van der Waals surface area contributed by atoms with E-state index >= 15 is 0 Å². The molecule has 0 aromatic heterocycles. The van der Waals surface area contributed by atoms with Crippen LogP contribution in [0.15, 0.2) is 95.7 Å². The Hall–Kier alpha value is -2.11. The van der Waals surface area contributed by atoms with Crippen LogP contribution in [0.3, 0.4) is 0 Å². The number of nitrogens with zero attached hydrogens (tertiary/aromatic N) is 1. The SMILES string of the molecule is c1ccc(P(=NC23CC4CC(CC(C4)C2)C3)(c2ccccc2)c2ccccc2)cc1. The molecule has 152 valence electrons. The second kappa shape index (κ2) is 7.24. The standard InChI is InChI=1S/C28H30NP/c1-4-10-25(11-5-1)30(26-12-6-2-7-13-26,27-14-8-3-9-15-27)29-28-19-22-16-23(20-28)18-24(17-22)21-28/h1-15,22-24H,16-21H2. The Morgan fingerprint density at radius 1 is 0.533 bits per heavy atom. The predicted octanol–water partition coefficient (Wildman–Crippen LogP) is 6.13. The Labute approximate surface area is 180 Å². The van der Waals surface area contributed by atoms with Crippen LogP contribution in [-0.2, 0) is 0 Å². The first-order valence-electron chi connectivity index (χ1n) is 11.6. The molecule has 1 nitrogen and oxygen atoms in total. The molecule has 0 heterocycles. The lowest BCUT2D eigenvalue weighted by Crippen LogP contribution is -2.49. The van der Waals surface area contributed by atoms with Gasteiger partial charge in [-0.15, -0.1) is 0 Å². The first-order valence-corrected chi connectivity index (χ1v) is 13.3. The molecule has 30 heavy (non-hydrogen) atoms. The first-order chi connectivity index (χ1) is 14.8. The molecule has 0 N–H and O–H groups in total. The van der Waals surface area contributed by atoms with E-state index in [1.807, 2.05) is 0 Å². The molecule has 7 rings (SSSR count). The van der Waals surface area contributed by atoms with Gasteiger partial charge in [-0.25, -0.2) is 0 Å². The van der Waals surface area contributed by atoms with E-state index in [0.29, 0.717) is 0 Å². The van der Waals surface area contributed by atoms with Crippen molar-refractivity contribution in [2.75, 3.05) is 0 Å². The van der Waals surface area contributed by atoms with E-state index in [2.05, 4.69) is 91.0 Å². The average Bonchev–Trinajstić information content (AvgIpc) is 2.78. The average molecular weight is 412 g/mol. The van der Waals surface area contributed by atoms with Crippen molar-refractivity contribution >= 4 is 23.0 Å². The molecule has 4 fully saturated rings. The lowest BCUT2D eigenvalue weighted by atomic mass is 9.53. The summed E-state index contributed by atoms with van der Waals surface area (Å²) in [4.78, 5) is 0. The summed E-state index contributed by atoms with van der Waals surface area (Å²) in [5, 5.41) is 4.20. The summed E-state index contributed by atoms with van der Waals surface area (Å²) in [7, 11) is -2.08. The maximum atomic E-state index is 6.12. The Balaban J connectivity index is 1.66. The predicted molar refractivity (Wildman–Crippen MR) is 128 cm³/mol. The van der Waals surface area contributed by atoms with Crippen molar-refractivity contribution in [3.63, 3.8) is 0 Å². The minimum Gasteiger partial charge on any atom is -0.283 e. The summed E-state index contributed by atoms with van der Waals surface area (Å²) in [6.07, 6.45) is 8.32. The lowest BCUT2D eigenvalue weighted by Gasteiger charge is -2.56. The van der Waals surface area contributed by atoms with E-state index in [-0.39, 0.29) is 5.54 Å². The fraction of sp³-hybridized carbons (Fsp3) is 0.357. The van der Waals surface area contributed by atoms with Gasteiger partial charge in [-0.05, 0) is 56.3 Å². The van der Waals surface area contributed by atoms with Crippen LogP contribution in [-0.4, -0.2) is 5.54 Å². The van der Waals surface area contributed by atoms with Crippen molar-refractivity contribution < 1.29 is 0 Å². The van der Waals surface area contributed by atoms with Gasteiger partial charge in [0.2, 0.25) is 0 Å². The van der Waals surface area contributed by atoms with E-state index in [0.717, 1.165) is 17.8 Å². The third-order valence-corrected chi connectivity index (χ3v) is 11.6. The topological polar surface area (TPSA) is 12.4 Å². The summed E-state index contributed by atoms with van der Waals surface area (Å²) in [6, 6.07) is 33.6. The highest BCUT2D eigenvalue weighted by atomic mass is 31.2. The molecule has 4 bridgehead atoms. The zero-order valence-electron chi connectivity index (χ0n) is 17.5. The smallest absolute Gasteiger partial charge is 0.0612 e. The van der Waals surface area contributed by atoms with Crippen LogP contribution >= 0.6 is 7.05 Å². The van der Waals surface area contributed by atoms with Crippen LogP contribution in [0, 0.1) is 17.8 Å². The molecule has 2 heteroatoms. The minimum atomic E-state index is -2.08. The Bertz CT molecular complexity index is 933. The first kappa shape index (κ1) is 18.6. The van der Waals surface area contributed by atoms with E-state index in [9.17, 15) is 0 Å². The summed E-state index contributed by atoms with van der Waals surface area (Å²) >= 11 is 0. The maximum Gasteiger partial charge on any atom is 0.0612 e. The molecule has 0 atom stereocenters. The van der Waals surface area contributed by atoms with Crippen molar-refractivity contribution in [1.29, 1.82) is 0 Å². The van der Waals surface area contributed by atoms with Crippen molar-refractivity contribution in [3.05, 3.63) is 91.0 Å². The second-order valence-corrected chi connectivity index (χ2v) is 12.9. The Morgan fingerprint density at radius 3 is 1.20 bits per heavy atom. The van der Waals surface area contributed by atoms with Gasteiger partial charge in [-0.2, -0.15) is 0 Å². The molecule has 4 aliphatic carbocycles. The molecule has 3 aromatic carbocycles. The highest BCUT2D eigenvalue weighted by molar-refractivity contribution is 7.87. The summed E-state index contributed by atoms with van der Waals surface area (Å²) in [6.45, 7) is 0. The molecule has 3 aromatic rings. The third kappa shape index (κ3) is 3.02. The third-order valence-electron chi connectivity index (χ3n) is 7.76. The van der Waals surface area contributed by atoms with Crippen molar-refractivity contribution in [1.82, 2.24) is 0 Å². The van der Waals surface area contributed by atoms with Crippen LogP contribution in [0.5, 0.6) is 0 Å². The molecule has 4 saturated carbocycles. The molecule has 0 spiro atoms. The van der Waals surface area contributed by atoms with Crippen molar-refractivity contribution in [2.45, 2.75) is 44.1 Å². The van der Waals surface area contributed by atoms with E-state index in [1.165, 1.54) is 54.4 Å². The molecule has 0 saturated heterocycles. The maximum absolute atomic E-state index is 6.12. The van der Waals surface area contributed by atoms with Gasteiger partial charge in [0.25, 0.3) is 0 Å². The van der Waals surface area contributed by atoms with Crippen LogP contribution in [0.1, 0.15) is 38.5 Å². The fourth-order valence-electron chi connectivity index (χ4n) is 7.06. The van der Waals surface area contributed by atoms with E-state index in [1.54, 1.807) is 0 Å². The minimum absolute atomic E-state index is 0.171. The van der Waals surface area contributed by atoms with E-state index < -0.39 is 7.05 Å². The molecule has 0 amide bonds. The zero-order valence-corrected chi connectivity index (χ0v) is 18.4. The highest BCUT2D eigenvalue weighted by Crippen LogP contribution is 2.61. The van der Waals surface area contributed by atoms with E-state index in [4.69, 9.17) is 4.74 Å². The lowest BCUT2D eigenvalue weighted by molar-refractivity contribution is 0.00259. The van der Waals surface area contributed by atoms with Gasteiger partial charge in [-0.1, -0.05) is 91.0 Å². The molecule has 0 unspecified atom stereocenters. The molecule has 0 radical (unpaired) electrons. The van der Waals surface area contributed by atoms with Gasteiger partial charge in [0, 0.05) is 15.9 Å². The largest absolute Gasteiger partial charge is 0.283 e. The Kier molecular flexibility index (Phi) is 4.50. The number of hydrogen-bond donors (Lipinski definition) is 0. The molecule has 4 aliphatic rings. The summed E-state index contributed by atoms with van der Waals surface area (Å²) in [5.74, 6) is 2.72. The number of hydrogen-bond acceptors (Lipinski definition) is 1. The Morgan fingerprint density at radius 2 is 0.867 bits per heavy atom. The molecule has 0 aliphatic heterocycles. The number of rotatable bonds is 4. The summed E-state index contributed by atoms with van der Waals surface area (Å²) < 4.78 is 6.12. The van der Waals surface area contributed by atoms with Crippen LogP contribution in [0.2, 0.25) is 0 Å². The van der Waals surface area contributed by atoms with Crippen molar-refractivity contribution in [3.8, 4) is 0 Å². The van der Waals surface area contributed by atoms with Gasteiger partial charge >= 0.3 is 0 Å². The van der Waals surface area contributed by atoms with Gasteiger partial charge in [0.1, 0.15) is 0 Å². The molecular weight excluding hydrogens is 381 g/mol. The van der Waals surface area contributed by atoms with Crippen LogP contribution in [0.4, 0.5) is 0 Å². The van der Waals surface area contributed by atoms with Gasteiger partial charge in [0.05, 0.1) is 12.6 Å². The fourth-order valence-corrected chi connectivity index (χ4v) is 11.0. The normalized spacial score (nSPS) is 29.7. The summed E-state index contributed by atoms with van der Waals surface area (Å²) in [5.41, 5.74) is 0.171. The van der Waals surface area contributed by atoms with Gasteiger partial charge in [0.15, 0.2) is 0 Å². The van der Waals surface area contributed by atoms with Gasteiger partial charge < -0.3 is 0 Å². The second-order valence-electron chi connectivity index (χ2n) is 9.88. The quantitative estimate of drug-likeness (QED) is 0.458. The van der Waals surface area contributed by atoms with Crippen LogP contribution < -0.4 is 15.9 Å². The monoisotopic (exact) mass is 411 g/mol. The highest BCUT2D eigenvalue weighted by Gasteiger charge is 2.52. The van der Waals surface area contributed by atoms with Crippen molar-refractivity contribution in [2.24, 2.45) is 22.5 Å². The molecular formula is C28H30NP. The van der Waals surface area contributed by atoms with Crippen LogP contribution in [0.25, 0.3) is 0 Å². The number of benzene rings is 3. The van der Waals surface area contributed by atoms with Gasteiger partial charge in [-0.3, -0.25) is 4.74 Å². The zero-order chi connectivity index (χ0) is 20.0.